The first-order chi connectivity index (χ1) is 12.0. The summed E-state index contributed by atoms with van der Waals surface area (Å²) < 4.78 is 15.7. The van der Waals surface area contributed by atoms with E-state index in [4.69, 9.17) is 31.5 Å². The Morgan fingerprint density at radius 2 is 1.60 bits per heavy atom. The average molecular weight is 361 g/mol. The summed E-state index contributed by atoms with van der Waals surface area (Å²) in [6.45, 7) is 0. The van der Waals surface area contributed by atoms with Crippen LogP contribution in [-0.4, -0.2) is 31.3 Å². The van der Waals surface area contributed by atoms with Crippen molar-refractivity contribution in [3.05, 3.63) is 35.4 Å². The quantitative estimate of drug-likeness (QED) is 0.717. The molecule has 0 atom stereocenters. The van der Waals surface area contributed by atoms with E-state index in [1.807, 2.05) is 6.07 Å². The molecule has 25 heavy (non-hydrogen) atoms. The summed E-state index contributed by atoms with van der Waals surface area (Å²) in [6.07, 6.45) is 0. The van der Waals surface area contributed by atoms with Crippen LogP contribution >= 0.6 is 11.6 Å². The zero-order valence-electron chi connectivity index (χ0n) is 14.0. The van der Waals surface area contributed by atoms with Gasteiger partial charge in [-0.1, -0.05) is 11.6 Å². The van der Waals surface area contributed by atoms with Gasteiger partial charge in [-0.25, -0.2) is 4.98 Å². The second-order valence-corrected chi connectivity index (χ2v) is 5.54. The molecule has 1 heterocycles. The summed E-state index contributed by atoms with van der Waals surface area (Å²) in [4.78, 5) is 8.76. The molecule has 0 spiro atoms. The van der Waals surface area contributed by atoms with E-state index in [-0.39, 0.29) is 0 Å². The van der Waals surface area contributed by atoms with Gasteiger partial charge in [0.1, 0.15) is 11.6 Å². The predicted molar refractivity (Wildman–Crippen MR) is 98.3 cm³/mol. The van der Waals surface area contributed by atoms with Gasteiger partial charge in [-0.05, 0) is 24.3 Å². The summed E-state index contributed by atoms with van der Waals surface area (Å²) in [5, 5.41) is 4.24. The SMILES string of the molecule is COc1ccc(Nc2nc(N)c3cc(OC)c(OC)cc3n2)cc1Cl. The number of nitrogens with two attached hydrogens (primary N) is 1. The molecule has 3 N–H and O–H groups in total. The molecule has 0 unspecified atom stereocenters. The van der Waals surface area contributed by atoms with Crippen molar-refractivity contribution in [2.75, 3.05) is 32.4 Å². The van der Waals surface area contributed by atoms with Crippen LogP contribution < -0.4 is 25.3 Å². The number of halogens is 1. The number of nitrogens with zero attached hydrogens (tertiary/aromatic N) is 2. The number of hydrogen-bond acceptors (Lipinski definition) is 7. The number of aromatic nitrogens is 2. The first kappa shape index (κ1) is 16.9. The summed E-state index contributed by atoms with van der Waals surface area (Å²) in [5.74, 6) is 2.38. The second kappa shape index (κ2) is 6.90. The van der Waals surface area contributed by atoms with E-state index >= 15 is 0 Å². The largest absolute Gasteiger partial charge is 0.495 e. The lowest BCUT2D eigenvalue weighted by Gasteiger charge is -2.12. The Morgan fingerprint density at radius 1 is 0.920 bits per heavy atom. The average Bonchev–Trinajstić information content (AvgIpc) is 2.61. The minimum absolute atomic E-state index is 0.327. The number of benzene rings is 2. The van der Waals surface area contributed by atoms with E-state index in [0.717, 1.165) is 0 Å². The Balaban J connectivity index is 2.01. The number of fused-ring (bicyclic) bond motifs is 1. The lowest BCUT2D eigenvalue weighted by Crippen LogP contribution is -2.02. The summed E-state index contributed by atoms with van der Waals surface area (Å²) in [5.41, 5.74) is 7.41. The number of ether oxygens (including phenoxy) is 3. The maximum Gasteiger partial charge on any atom is 0.229 e. The zero-order valence-corrected chi connectivity index (χ0v) is 14.7. The number of nitrogens with one attached hydrogen (secondary N) is 1. The maximum absolute atomic E-state index is 6.13. The molecule has 3 rings (SSSR count). The number of methoxy groups -OCH3 is 3. The molecule has 3 aromatic rings. The third kappa shape index (κ3) is 3.32. The molecule has 1 aromatic heterocycles. The lowest BCUT2D eigenvalue weighted by molar-refractivity contribution is 0.356. The van der Waals surface area contributed by atoms with Crippen molar-refractivity contribution in [2.45, 2.75) is 0 Å². The third-order valence-electron chi connectivity index (χ3n) is 3.64. The van der Waals surface area contributed by atoms with Crippen molar-refractivity contribution < 1.29 is 14.2 Å². The molecule has 0 saturated carbocycles. The van der Waals surface area contributed by atoms with Crippen LogP contribution in [0.5, 0.6) is 17.2 Å². The zero-order chi connectivity index (χ0) is 18.0. The van der Waals surface area contributed by atoms with Gasteiger partial charge in [0.05, 0.1) is 31.9 Å². The summed E-state index contributed by atoms with van der Waals surface area (Å²) in [6, 6.07) is 8.78. The van der Waals surface area contributed by atoms with Gasteiger partial charge in [-0.15, -0.1) is 0 Å². The summed E-state index contributed by atoms with van der Waals surface area (Å²) >= 11 is 6.13. The molecule has 0 saturated heterocycles. The van der Waals surface area contributed by atoms with Crippen molar-refractivity contribution in [1.82, 2.24) is 9.97 Å². The highest BCUT2D eigenvalue weighted by Gasteiger charge is 2.12. The second-order valence-electron chi connectivity index (χ2n) is 5.13. The minimum Gasteiger partial charge on any atom is -0.495 e. The molecule has 8 heteroatoms. The van der Waals surface area contributed by atoms with Crippen LogP contribution in [0.2, 0.25) is 5.02 Å². The smallest absolute Gasteiger partial charge is 0.229 e. The van der Waals surface area contributed by atoms with Crippen molar-refractivity contribution in [3.8, 4) is 17.2 Å². The van der Waals surface area contributed by atoms with Gasteiger partial charge in [0.2, 0.25) is 5.95 Å². The Bertz CT molecular complexity index is 933. The molecule has 0 fully saturated rings. The van der Waals surface area contributed by atoms with Crippen LogP contribution in [-0.2, 0) is 0 Å². The van der Waals surface area contributed by atoms with Crippen LogP contribution in [0.25, 0.3) is 10.9 Å². The highest BCUT2D eigenvalue weighted by Crippen LogP contribution is 2.34. The molecule has 0 aliphatic heterocycles. The van der Waals surface area contributed by atoms with Gasteiger partial charge in [-0.2, -0.15) is 4.98 Å². The molecular formula is C17H17ClN4O3. The highest BCUT2D eigenvalue weighted by molar-refractivity contribution is 6.32. The number of rotatable bonds is 5. The fourth-order valence-corrected chi connectivity index (χ4v) is 2.67. The van der Waals surface area contributed by atoms with Crippen molar-refractivity contribution >= 4 is 40.0 Å². The van der Waals surface area contributed by atoms with Crippen LogP contribution in [0.15, 0.2) is 30.3 Å². The van der Waals surface area contributed by atoms with E-state index in [1.165, 1.54) is 0 Å². The standard InChI is InChI=1S/C17H17ClN4O3/c1-23-13-5-4-9(6-11(13)18)20-17-21-12-8-15(25-3)14(24-2)7-10(12)16(19)22-17/h4-8H,1-3H3,(H3,19,20,21,22). The topological polar surface area (TPSA) is 91.5 Å². The maximum atomic E-state index is 6.13. The van der Waals surface area contributed by atoms with Crippen LogP contribution in [0, 0.1) is 0 Å². The molecule has 0 bridgehead atoms. The molecule has 2 aromatic carbocycles. The highest BCUT2D eigenvalue weighted by atomic mass is 35.5. The van der Waals surface area contributed by atoms with E-state index in [1.54, 1.807) is 45.6 Å². The lowest BCUT2D eigenvalue weighted by atomic mass is 10.2. The molecule has 7 nitrogen and oxygen atoms in total. The first-order valence-electron chi connectivity index (χ1n) is 7.35. The number of nitrogen functional groups attached to an aromatic ring is 1. The van der Waals surface area contributed by atoms with Gasteiger partial charge in [0.15, 0.2) is 11.5 Å². The molecule has 0 aliphatic rings. The normalized spacial score (nSPS) is 10.6. The van der Waals surface area contributed by atoms with Gasteiger partial charge in [0.25, 0.3) is 0 Å². The van der Waals surface area contributed by atoms with Crippen molar-refractivity contribution in [3.63, 3.8) is 0 Å². The van der Waals surface area contributed by atoms with E-state index < -0.39 is 0 Å². The van der Waals surface area contributed by atoms with E-state index in [2.05, 4.69) is 15.3 Å². The Hall–Kier alpha value is -2.93. The fourth-order valence-electron chi connectivity index (χ4n) is 2.41. The van der Waals surface area contributed by atoms with Crippen LogP contribution in [0.4, 0.5) is 17.5 Å². The molecule has 0 radical (unpaired) electrons. The van der Waals surface area contributed by atoms with Crippen LogP contribution in [0.3, 0.4) is 0 Å². The van der Waals surface area contributed by atoms with Crippen LogP contribution in [0.1, 0.15) is 0 Å². The monoisotopic (exact) mass is 360 g/mol. The van der Waals surface area contributed by atoms with E-state index in [0.29, 0.717) is 50.6 Å². The molecule has 0 amide bonds. The molecule has 130 valence electrons. The Kier molecular flexibility index (Phi) is 4.67. The number of hydrogen-bond donors (Lipinski definition) is 2. The van der Waals surface area contributed by atoms with Gasteiger partial charge >= 0.3 is 0 Å². The minimum atomic E-state index is 0.327. The van der Waals surface area contributed by atoms with Crippen molar-refractivity contribution in [1.29, 1.82) is 0 Å². The third-order valence-corrected chi connectivity index (χ3v) is 3.93. The van der Waals surface area contributed by atoms with Gasteiger partial charge in [0, 0.05) is 17.1 Å². The fraction of sp³-hybridized carbons (Fsp3) is 0.176. The predicted octanol–water partition coefficient (Wildman–Crippen LogP) is 3.63. The molecule has 0 aliphatic carbocycles. The van der Waals surface area contributed by atoms with Crippen molar-refractivity contribution in [2.24, 2.45) is 0 Å². The Morgan fingerprint density at radius 3 is 2.24 bits per heavy atom. The summed E-state index contributed by atoms with van der Waals surface area (Å²) in [7, 11) is 4.68. The van der Waals surface area contributed by atoms with E-state index in [9.17, 15) is 0 Å². The number of anilines is 3. The van der Waals surface area contributed by atoms with Gasteiger partial charge < -0.3 is 25.3 Å². The first-order valence-corrected chi connectivity index (χ1v) is 7.73. The molecular weight excluding hydrogens is 344 g/mol. The van der Waals surface area contributed by atoms with Gasteiger partial charge in [-0.3, -0.25) is 0 Å². The Labute approximate surface area is 149 Å².